The Kier molecular flexibility index (Phi) is 5.55. The predicted molar refractivity (Wildman–Crippen MR) is 90.1 cm³/mol. The molecule has 1 N–H and O–H groups in total. The van der Waals surface area contributed by atoms with Crippen LogP contribution in [0.1, 0.15) is 45.1 Å². The lowest BCUT2D eigenvalue weighted by Gasteiger charge is -2.34. The molecule has 1 aromatic carbocycles. The third-order valence-electron chi connectivity index (χ3n) is 4.47. The Balaban J connectivity index is 1.97. The van der Waals surface area contributed by atoms with Gasteiger partial charge in [0.25, 0.3) is 0 Å². The van der Waals surface area contributed by atoms with Crippen molar-refractivity contribution in [3.63, 3.8) is 0 Å². The highest BCUT2D eigenvalue weighted by Gasteiger charge is 2.26. The van der Waals surface area contributed by atoms with Crippen LogP contribution in [-0.2, 0) is 6.54 Å². The number of methoxy groups -OCH3 is 2. The molecule has 1 aromatic rings. The summed E-state index contributed by atoms with van der Waals surface area (Å²) < 4.78 is 11.8. The molecule has 0 radical (unpaired) electrons. The summed E-state index contributed by atoms with van der Waals surface area (Å²) in [6.45, 7) is 5.59. The smallest absolute Gasteiger partial charge is 0.161 e. The minimum absolute atomic E-state index is 0.516. The van der Waals surface area contributed by atoms with E-state index in [0.29, 0.717) is 11.5 Å². The minimum atomic E-state index is 0.516. The molecule has 0 spiro atoms. The number of halogens is 1. The van der Waals surface area contributed by atoms with Crippen molar-refractivity contribution in [3.8, 4) is 11.5 Å². The van der Waals surface area contributed by atoms with Crippen LogP contribution in [-0.4, -0.2) is 20.3 Å². The molecule has 3 nitrogen and oxygen atoms in total. The molecule has 1 saturated carbocycles. The minimum Gasteiger partial charge on any atom is -0.493 e. The lowest BCUT2D eigenvalue weighted by atomic mass is 9.75. The number of benzene rings is 1. The van der Waals surface area contributed by atoms with Gasteiger partial charge in [0, 0.05) is 17.1 Å². The highest BCUT2D eigenvalue weighted by atomic mass is 79.9. The fourth-order valence-corrected chi connectivity index (χ4v) is 3.35. The van der Waals surface area contributed by atoms with Crippen molar-refractivity contribution in [2.75, 3.05) is 14.2 Å². The molecule has 21 heavy (non-hydrogen) atoms. The van der Waals surface area contributed by atoms with Crippen molar-refractivity contribution in [1.82, 2.24) is 5.32 Å². The van der Waals surface area contributed by atoms with E-state index in [1.807, 2.05) is 12.1 Å². The summed E-state index contributed by atoms with van der Waals surface area (Å²) in [6, 6.07) is 4.64. The number of ether oxygens (including phenoxy) is 2. The van der Waals surface area contributed by atoms with Crippen LogP contribution in [0.5, 0.6) is 11.5 Å². The molecule has 0 aliphatic heterocycles. The molecule has 1 aliphatic rings. The van der Waals surface area contributed by atoms with Crippen LogP contribution in [0.15, 0.2) is 16.6 Å². The quantitative estimate of drug-likeness (QED) is 0.841. The Bertz CT molecular complexity index is 478. The van der Waals surface area contributed by atoms with Crippen LogP contribution in [0, 0.1) is 5.41 Å². The average Bonchev–Trinajstić information content (AvgIpc) is 2.46. The van der Waals surface area contributed by atoms with Crippen molar-refractivity contribution >= 4 is 15.9 Å². The molecule has 4 heteroatoms. The first kappa shape index (κ1) is 16.6. The molecule has 0 aromatic heterocycles. The Labute approximate surface area is 136 Å². The van der Waals surface area contributed by atoms with Crippen LogP contribution >= 0.6 is 15.9 Å². The largest absolute Gasteiger partial charge is 0.493 e. The molecule has 1 aliphatic carbocycles. The molecule has 0 unspecified atom stereocenters. The van der Waals surface area contributed by atoms with E-state index in [2.05, 4.69) is 35.1 Å². The normalized spacial score (nSPS) is 18.5. The Morgan fingerprint density at radius 3 is 2.29 bits per heavy atom. The van der Waals surface area contributed by atoms with Crippen molar-refractivity contribution in [2.45, 2.75) is 52.1 Å². The molecule has 0 amide bonds. The van der Waals surface area contributed by atoms with Crippen LogP contribution in [0.4, 0.5) is 0 Å². The molecule has 0 atom stereocenters. The van der Waals surface area contributed by atoms with Gasteiger partial charge in [0.1, 0.15) is 0 Å². The zero-order chi connectivity index (χ0) is 15.5. The van der Waals surface area contributed by atoms with Gasteiger partial charge >= 0.3 is 0 Å². The van der Waals surface area contributed by atoms with Crippen LogP contribution in [0.2, 0.25) is 0 Å². The van der Waals surface area contributed by atoms with Crippen molar-refractivity contribution < 1.29 is 9.47 Å². The van der Waals surface area contributed by atoms with Crippen LogP contribution in [0.3, 0.4) is 0 Å². The summed E-state index contributed by atoms with van der Waals surface area (Å²) in [5.74, 6) is 1.54. The summed E-state index contributed by atoms with van der Waals surface area (Å²) in [7, 11) is 3.33. The van der Waals surface area contributed by atoms with Gasteiger partial charge in [0.15, 0.2) is 11.5 Å². The lowest BCUT2D eigenvalue weighted by molar-refractivity contribution is 0.206. The first-order valence-electron chi connectivity index (χ1n) is 7.59. The van der Waals surface area contributed by atoms with Gasteiger partial charge < -0.3 is 14.8 Å². The van der Waals surface area contributed by atoms with Gasteiger partial charge in [-0.3, -0.25) is 0 Å². The van der Waals surface area contributed by atoms with E-state index in [1.165, 1.54) is 31.2 Å². The SMILES string of the molecule is COc1cc(Br)c(CNC2CCC(C)(C)CC2)cc1OC. The number of hydrogen-bond acceptors (Lipinski definition) is 3. The van der Waals surface area contributed by atoms with E-state index in [1.54, 1.807) is 14.2 Å². The van der Waals surface area contributed by atoms with Gasteiger partial charge in [0.05, 0.1) is 14.2 Å². The highest BCUT2D eigenvalue weighted by Crippen LogP contribution is 2.36. The third kappa shape index (κ3) is 4.36. The molecule has 0 heterocycles. The zero-order valence-corrected chi connectivity index (χ0v) is 15.0. The zero-order valence-electron chi connectivity index (χ0n) is 13.5. The van der Waals surface area contributed by atoms with Gasteiger partial charge in [-0.15, -0.1) is 0 Å². The summed E-state index contributed by atoms with van der Waals surface area (Å²) in [5, 5.41) is 3.68. The Morgan fingerprint density at radius 2 is 1.71 bits per heavy atom. The van der Waals surface area contributed by atoms with E-state index in [4.69, 9.17) is 9.47 Å². The van der Waals surface area contributed by atoms with Gasteiger partial charge in [-0.25, -0.2) is 0 Å². The van der Waals surface area contributed by atoms with Crippen LogP contribution in [0.25, 0.3) is 0 Å². The van der Waals surface area contributed by atoms with Gasteiger partial charge in [-0.1, -0.05) is 29.8 Å². The fourth-order valence-electron chi connectivity index (χ4n) is 2.89. The Morgan fingerprint density at radius 1 is 1.14 bits per heavy atom. The maximum absolute atomic E-state index is 5.38. The van der Waals surface area contributed by atoms with E-state index in [0.717, 1.165) is 22.5 Å². The lowest BCUT2D eigenvalue weighted by Crippen LogP contribution is -2.35. The third-order valence-corrected chi connectivity index (χ3v) is 5.21. The summed E-state index contributed by atoms with van der Waals surface area (Å²) in [6.07, 6.45) is 5.13. The van der Waals surface area contributed by atoms with E-state index in [-0.39, 0.29) is 0 Å². The first-order valence-corrected chi connectivity index (χ1v) is 8.38. The molecule has 0 saturated heterocycles. The van der Waals surface area contributed by atoms with E-state index in [9.17, 15) is 0 Å². The Hall–Kier alpha value is -0.740. The molecule has 118 valence electrons. The van der Waals surface area contributed by atoms with Crippen molar-refractivity contribution in [1.29, 1.82) is 0 Å². The van der Waals surface area contributed by atoms with Crippen molar-refractivity contribution in [2.24, 2.45) is 5.41 Å². The van der Waals surface area contributed by atoms with Gasteiger partial charge in [-0.2, -0.15) is 0 Å². The fraction of sp³-hybridized carbons (Fsp3) is 0.647. The predicted octanol–water partition coefficient (Wildman–Crippen LogP) is 4.52. The molecule has 0 bridgehead atoms. The highest BCUT2D eigenvalue weighted by molar-refractivity contribution is 9.10. The molecular weight excluding hydrogens is 330 g/mol. The van der Waals surface area contributed by atoms with Gasteiger partial charge in [0.2, 0.25) is 0 Å². The van der Waals surface area contributed by atoms with E-state index >= 15 is 0 Å². The number of rotatable bonds is 5. The topological polar surface area (TPSA) is 30.5 Å². The second kappa shape index (κ2) is 7.01. The first-order chi connectivity index (χ1) is 9.95. The summed E-state index contributed by atoms with van der Waals surface area (Å²) in [5.41, 5.74) is 1.72. The monoisotopic (exact) mass is 355 g/mol. The number of hydrogen-bond donors (Lipinski definition) is 1. The second-order valence-corrected chi connectivity index (χ2v) is 7.47. The average molecular weight is 356 g/mol. The second-order valence-electron chi connectivity index (χ2n) is 6.62. The number of nitrogens with one attached hydrogen (secondary N) is 1. The van der Waals surface area contributed by atoms with Crippen LogP contribution < -0.4 is 14.8 Å². The van der Waals surface area contributed by atoms with Crippen molar-refractivity contribution in [3.05, 3.63) is 22.2 Å². The van der Waals surface area contributed by atoms with E-state index < -0.39 is 0 Å². The molecule has 1 fully saturated rings. The van der Waals surface area contributed by atoms with Gasteiger partial charge in [-0.05, 0) is 48.8 Å². The summed E-state index contributed by atoms with van der Waals surface area (Å²) >= 11 is 3.62. The summed E-state index contributed by atoms with van der Waals surface area (Å²) in [4.78, 5) is 0. The standard InChI is InChI=1S/C17H26BrNO2/c1-17(2)7-5-13(6-8-17)19-11-12-9-15(20-3)16(21-4)10-14(12)18/h9-10,13,19H,5-8,11H2,1-4H3. The maximum atomic E-state index is 5.38. The molecule has 2 rings (SSSR count). The molecular formula is C17H26BrNO2. The maximum Gasteiger partial charge on any atom is 0.161 e.